The van der Waals surface area contributed by atoms with Gasteiger partial charge in [-0.1, -0.05) is 14.9 Å². The van der Waals surface area contributed by atoms with Crippen molar-refractivity contribution in [2.75, 3.05) is 0 Å². The predicted octanol–water partition coefficient (Wildman–Crippen LogP) is 1.11. The van der Waals surface area contributed by atoms with Gasteiger partial charge in [0.15, 0.2) is 0 Å². The van der Waals surface area contributed by atoms with Gasteiger partial charge in [0.25, 0.3) is 19.4 Å². The Labute approximate surface area is 139 Å². The summed E-state index contributed by atoms with van der Waals surface area (Å²) >= 11 is 0. The van der Waals surface area contributed by atoms with Crippen LogP contribution in [0.2, 0.25) is 0 Å². The maximum atomic E-state index is 9.89. The number of hydrogen-bond acceptors (Lipinski definition) is 8. The van der Waals surface area contributed by atoms with Gasteiger partial charge in [-0.3, -0.25) is 24.6 Å². The van der Waals surface area contributed by atoms with Crippen LogP contribution in [0.1, 0.15) is 31.8 Å². The average molecular weight is 342 g/mol. The van der Waals surface area contributed by atoms with Crippen molar-refractivity contribution in [1.82, 2.24) is 20.4 Å². The zero-order chi connectivity index (χ0) is 16.0. The number of nitrogens with zero attached hydrogens (tertiary/aromatic N) is 2. The minimum absolute atomic E-state index is 0. The molecule has 0 aliphatic rings. The maximum absolute atomic E-state index is 9.89. The van der Waals surface area contributed by atoms with E-state index in [0.29, 0.717) is 30.7 Å². The lowest BCUT2D eigenvalue weighted by Gasteiger charge is -1.99. The highest BCUT2D eigenvalue weighted by Gasteiger charge is 2.04. The van der Waals surface area contributed by atoms with Crippen LogP contribution in [-0.4, -0.2) is 39.8 Å². The molecule has 0 spiro atoms. The lowest BCUT2D eigenvalue weighted by atomic mass is 10.3. The molecule has 0 aromatic carbocycles. The first-order chi connectivity index (χ1) is 10.8. The Bertz CT molecular complexity index is 529. The van der Waals surface area contributed by atoms with Crippen LogP contribution in [0.4, 0.5) is 0 Å². The van der Waals surface area contributed by atoms with Crippen molar-refractivity contribution in [2.24, 2.45) is 0 Å². The van der Waals surface area contributed by atoms with Crippen molar-refractivity contribution < 1.29 is 28.6 Å². The summed E-state index contributed by atoms with van der Waals surface area (Å²) in [6, 6.07) is 1.74. The molecule has 0 amide bonds. The smallest absolute Gasteiger partial charge is 0.293 e. The lowest BCUT2D eigenvalue weighted by Crippen LogP contribution is -1.97. The zero-order valence-corrected chi connectivity index (χ0v) is 11.4. The molecule has 2 rings (SSSR count). The molecule has 0 aliphatic heterocycles. The number of aromatic nitrogens is 4. The van der Waals surface area contributed by atoms with E-state index in [1.165, 1.54) is 6.20 Å². The van der Waals surface area contributed by atoms with Gasteiger partial charge in [0, 0.05) is 11.8 Å². The first-order valence-electron chi connectivity index (χ1n) is 5.97. The second-order valence-electron chi connectivity index (χ2n) is 3.68. The van der Waals surface area contributed by atoms with Crippen molar-refractivity contribution >= 4 is 19.4 Å². The van der Waals surface area contributed by atoms with Crippen LogP contribution in [0.25, 0.3) is 0 Å². The van der Waals surface area contributed by atoms with Crippen LogP contribution in [-0.2, 0) is 48.4 Å². The largest absolute Gasteiger partial charge is 0.463 e. The molecule has 0 saturated heterocycles. The van der Waals surface area contributed by atoms with Gasteiger partial charge in [0.05, 0.1) is 17.6 Å². The number of hydrogen-bond donors (Lipinski definition) is 2. The summed E-state index contributed by atoms with van der Waals surface area (Å²) in [6.07, 6.45) is 3.11. The molecule has 0 fully saturated rings. The molecule has 2 heterocycles. The molecule has 134 valence electrons. The number of carbonyl (C=O) groups is 3. The van der Waals surface area contributed by atoms with E-state index in [4.69, 9.17) is 0 Å². The van der Waals surface area contributed by atoms with Crippen LogP contribution in [0.5, 0.6) is 0 Å². The Balaban J connectivity index is 0. The summed E-state index contributed by atoms with van der Waals surface area (Å²) in [5, 5.41) is 12.6. The molecular weight excluding hydrogens is 320 g/mol. The van der Waals surface area contributed by atoms with E-state index in [0.717, 1.165) is 5.69 Å². The fraction of sp³-hybridized carbons (Fsp3) is 0.357. The summed E-state index contributed by atoms with van der Waals surface area (Å²) in [5.74, 6) is 0. The number of nitrogens with one attached hydrogen (secondary N) is 2. The summed E-state index contributed by atoms with van der Waals surface area (Å²) in [7, 11) is 0. The number of aromatic amines is 2. The highest BCUT2D eigenvalue weighted by atomic mass is 16.5. The van der Waals surface area contributed by atoms with Crippen LogP contribution < -0.4 is 0 Å². The Hall–Kier alpha value is -3.17. The van der Waals surface area contributed by atoms with Crippen molar-refractivity contribution in [3.8, 4) is 0 Å². The third-order valence-corrected chi connectivity index (χ3v) is 2.28. The molecule has 10 nitrogen and oxygen atoms in total. The second kappa shape index (κ2) is 14.8. The van der Waals surface area contributed by atoms with E-state index in [1.54, 1.807) is 12.3 Å². The molecule has 0 unspecified atom stereocenters. The third-order valence-electron chi connectivity index (χ3n) is 2.28. The molecule has 0 aliphatic carbocycles. The SMILES string of the molecule is C.C.O=COCc1ccn[nH]1.O=COCc1cn[nH]c1COC=O. The number of rotatable bonds is 9. The normalized spacial score (nSPS) is 8.33. The minimum Gasteiger partial charge on any atom is -0.463 e. The van der Waals surface area contributed by atoms with Crippen LogP contribution >= 0.6 is 0 Å². The standard InChI is InChI=1S/C7H8N2O4.C5H6N2O2.2CH4/c10-4-12-2-6-1-8-9-7(6)3-13-5-11;8-4-9-3-5-1-2-6-7-5;;/h1,4-5H,2-3H2,(H,8,9);1-2,4H,3H2,(H,6,7);2*1H4. The highest BCUT2D eigenvalue weighted by molar-refractivity contribution is 5.38. The van der Waals surface area contributed by atoms with E-state index in [1.807, 2.05) is 0 Å². The van der Waals surface area contributed by atoms with Gasteiger partial charge in [-0.05, 0) is 6.07 Å². The summed E-state index contributed by atoms with van der Waals surface area (Å²) in [4.78, 5) is 29.4. The average Bonchev–Trinajstić information content (AvgIpc) is 3.21. The van der Waals surface area contributed by atoms with E-state index < -0.39 is 0 Å². The zero-order valence-electron chi connectivity index (χ0n) is 11.4. The van der Waals surface area contributed by atoms with Crippen LogP contribution in [0, 0.1) is 0 Å². The quantitative estimate of drug-likeness (QED) is 0.511. The monoisotopic (exact) mass is 342 g/mol. The summed E-state index contributed by atoms with van der Waals surface area (Å²) in [5.41, 5.74) is 2.10. The molecular formula is C14H22N4O6. The molecule has 2 N–H and O–H groups in total. The first kappa shape index (κ1) is 23.1. The molecule has 10 heteroatoms. The van der Waals surface area contributed by atoms with E-state index in [9.17, 15) is 14.4 Å². The summed E-state index contributed by atoms with van der Waals surface area (Å²) < 4.78 is 13.4. The minimum atomic E-state index is 0. The summed E-state index contributed by atoms with van der Waals surface area (Å²) in [6.45, 7) is 1.57. The van der Waals surface area contributed by atoms with E-state index >= 15 is 0 Å². The topological polar surface area (TPSA) is 136 Å². The van der Waals surface area contributed by atoms with Gasteiger partial charge in [0.2, 0.25) is 0 Å². The fourth-order valence-corrected chi connectivity index (χ4v) is 1.32. The van der Waals surface area contributed by atoms with Crippen molar-refractivity contribution in [1.29, 1.82) is 0 Å². The molecule has 0 bridgehead atoms. The predicted molar refractivity (Wildman–Crippen MR) is 83.2 cm³/mol. The van der Waals surface area contributed by atoms with Crippen LogP contribution in [0.3, 0.4) is 0 Å². The Morgan fingerprint density at radius 2 is 1.50 bits per heavy atom. The fourth-order valence-electron chi connectivity index (χ4n) is 1.32. The van der Waals surface area contributed by atoms with Crippen molar-refractivity contribution in [2.45, 2.75) is 34.7 Å². The van der Waals surface area contributed by atoms with E-state index in [2.05, 4.69) is 34.6 Å². The van der Waals surface area contributed by atoms with Gasteiger partial charge >= 0.3 is 0 Å². The molecule has 2 aromatic rings. The number of ether oxygens (including phenoxy) is 3. The number of H-pyrrole nitrogens is 2. The van der Waals surface area contributed by atoms with Gasteiger partial charge < -0.3 is 14.2 Å². The molecule has 24 heavy (non-hydrogen) atoms. The Kier molecular flexibility index (Phi) is 14.2. The first-order valence-corrected chi connectivity index (χ1v) is 5.97. The second-order valence-corrected chi connectivity index (χ2v) is 3.68. The molecule has 2 aromatic heterocycles. The maximum Gasteiger partial charge on any atom is 0.293 e. The van der Waals surface area contributed by atoms with E-state index in [-0.39, 0.29) is 34.7 Å². The Morgan fingerprint density at radius 3 is 2.08 bits per heavy atom. The van der Waals surface area contributed by atoms with Gasteiger partial charge in [-0.15, -0.1) is 0 Å². The third kappa shape index (κ3) is 8.97. The highest BCUT2D eigenvalue weighted by Crippen LogP contribution is 2.06. The van der Waals surface area contributed by atoms with Gasteiger partial charge in [0.1, 0.15) is 19.8 Å². The molecule has 0 atom stereocenters. The van der Waals surface area contributed by atoms with Gasteiger partial charge in [-0.25, -0.2) is 0 Å². The molecule has 0 saturated carbocycles. The van der Waals surface area contributed by atoms with Crippen molar-refractivity contribution in [3.63, 3.8) is 0 Å². The lowest BCUT2D eigenvalue weighted by molar-refractivity contribution is -0.131. The van der Waals surface area contributed by atoms with Crippen LogP contribution in [0.15, 0.2) is 18.5 Å². The van der Waals surface area contributed by atoms with Gasteiger partial charge in [-0.2, -0.15) is 10.2 Å². The Morgan fingerprint density at radius 1 is 0.875 bits per heavy atom. The number of carbonyl (C=O) groups excluding carboxylic acids is 3. The van der Waals surface area contributed by atoms with Crippen molar-refractivity contribution in [3.05, 3.63) is 35.4 Å². The molecule has 0 radical (unpaired) electrons.